The Bertz CT molecular complexity index is 3550. The van der Waals surface area contributed by atoms with Gasteiger partial charge < -0.3 is 0 Å². The van der Waals surface area contributed by atoms with E-state index in [2.05, 4.69) is 144 Å². The zero-order chi connectivity index (χ0) is 32.9. The van der Waals surface area contributed by atoms with Crippen LogP contribution in [0, 0.1) is 0 Å². The lowest BCUT2D eigenvalue weighted by molar-refractivity contribution is 1.08. The number of aromatic nitrogens is 3. The second-order valence-corrected chi connectivity index (χ2v) is 15.8. The minimum atomic E-state index is 0.856. The van der Waals surface area contributed by atoms with Gasteiger partial charge in [0.05, 0.1) is 22.1 Å². The highest BCUT2D eigenvalue weighted by Gasteiger charge is 2.27. The van der Waals surface area contributed by atoms with Gasteiger partial charge in [-0.3, -0.25) is 4.57 Å². The lowest BCUT2D eigenvalue weighted by atomic mass is 9.95. The number of thiophene rings is 2. The maximum absolute atomic E-state index is 5.60. The molecule has 8 aromatic carbocycles. The van der Waals surface area contributed by atoms with Crippen LogP contribution < -0.4 is 0 Å². The standard InChI is InChI=1S/C46H23N3S2/c1-2-9-27-24(7-1)16-19-32-45(27)48-44(26-15-18-29-28-10-3-4-13-35(28)50-38(29)23-26)46(47-32)49-33-20-17-25-8-5-11-30-31-12-6-14-36-40(31)43-37(51-36)22-21-34(49)42(43)41(33)39(25)30/h1-23H. The van der Waals surface area contributed by atoms with Crippen molar-refractivity contribution in [1.29, 1.82) is 0 Å². The van der Waals surface area contributed by atoms with Crippen LogP contribution in [0.4, 0.5) is 0 Å². The summed E-state index contributed by atoms with van der Waals surface area (Å²) in [5.74, 6) is 0.856. The summed E-state index contributed by atoms with van der Waals surface area (Å²) < 4.78 is 7.61. The molecule has 4 heterocycles. The number of benzene rings is 8. The SMILES string of the molecule is c1ccc2c(c1)ccc1nc(-n3c4ccc5cccc6c5c4c4c5c(ccc43)sc3cccc-6c35)c(-c3ccc4c(c3)sc3ccccc34)nc12. The molecule has 12 aromatic rings. The highest BCUT2D eigenvalue weighted by Crippen LogP contribution is 2.52. The van der Waals surface area contributed by atoms with E-state index in [1.807, 2.05) is 22.7 Å². The molecule has 0 saturated carbocycles. The largest absolute Gasteiger partial charge is 0.292 e. The van der Waals surface area contributed by atoms with Crippen molar-refractivity contribution in [3.05, 3.63) is 140 Å². The molecule has 0 unspecified atom stereocenters. The molecule has 0 aliphatic heterocycles. The van der Waals surface area contributed by atoms with E-state index in [1.54, 1.807) is 0 Å². The zero-order valence-electron chi connectivity index (χ0n) is 26.9. The van der Waals surface area contributed by atoms with Crippen LogP contribution in [-0.4, -0.2) is 14.5 Å². The Balaban J connectivity index is 1.23. The van der Waals surface area contributed by atoms with Crippen LogP contribution in [0.5, 0.6) is 0 Å². The molecule has 0 saturated heterocycles. The topological polar surface area (TPSA) is 30.7 Å². The molecular formula is C46H23N3S2. The Morgan fingerprint density at radius 1 is 0.431 bits per heavy atom. The molecule has 4 aromatic heterocycles. The molecule has 0 atom stereocenters. The number of hydrogen-bond acceptors (Lipinski definition) is 4. The lowest BCUT2D eigenvalue weighted by Gasteiger charge is -2.15. The third-order valence-electron chi connectivity index (χ3n) is 11.1. The minimum Gasteiger partial charge on any atom is -0.292 e. The van der Waals surface area contributed by atoms with Crippen LogP contribution >= 0.6 is 22.7 Å². The summed E-state index contributed by atoms with van der Waals surface area (Å²) in [4.78, 5) is 11.2. The molecule has 0 amide bonds. The average Bonchev–Trinajstić information content (AvgIpc) is 3.83. The smallest absolute Gasteiger partial charge is 0.165 e. The van der Waals surface area contributed by atoms with Gasteiger partial charge in [-0.25, -0.2) is 9.97 Å². The Labute approximate surface area is 298 Å². The second kappa shape index (κ2) is 9.34. The van der Waals surface area contributed by atoms with Crippen LogP contribution in [0.1, 0.15) is 0 Å². The molecule has 5 heteroatoms. The summed E-state index contributed by atoms with van der Waals surface area (Å²) in [6, 6.07) is 51.2. The predicted octanol–water partition coefficient (Wildman–Crippen LogP) is 13.4. The van der Waals surface area contributed by atoms with Gasteiger partial charge in [0.15, 0.2) is 5.82 Å². The lowest BCUT2D eigenvalue weighted by Crippen LogP contribution is -2.04. The molecule has 0 N–H and O–H groups in total. The van der Waals surface area contributed by atoms with Crippen LogP contribution in [0.25, 0.3) is 123 Å². The first-order valence-electron chi connectivity index (χ1n) is 17.2. The summed E-state index contributed by atoms with van der Waals surface area (Å²) >= 11 is 3.73. The highest BCUT2D eigenvalue weighted by molar-refractivity contribution is 7.26. The van der Waals surface area contributed by atoms with E-state index in [0.29, 0.717) is 0 Å². The maximum atomic E-state index is 5.60. The van der Waals surface area contributed by atoms with Crippen molar-refractivity contribution >= 4 is 117 Å². The van der Waals surface area contributed by atoms with E-state index in [9.17, 15) is 0 Å². The van der Waals surface area contributed by atoms with Gasteiger partial charge in [-0.2, -0.15) is 0 Å². The first kappa shape index (κ1) is 26.7. The van der Waals surface area contributed by atoms with Crippen molar-refractivity contribution in [2.24, 2.45) is 0 Å². The molecule has 0 fully saturated rings. The van der Waals surface area contributed by atoms with Crippen molar-refractivity contribution in [2.45, 2.75) is 0 Å². The summed E-state index contributed by atoms with van der Waals surface area (Å²) in [6.45, 7) is 0. The van der Waals surface area contributed by atoms with E-state index >= 15 is 0 Å². The maximum Gasteiger partial charge on any atom is 0.165 e. The van der Waals surface area contributed by atoms with E-state index < -0.39 is 0 Å². The number of fused-ring (bicyclic) bond motifs is 7. The third kappa shape index (κ3) is 3.33. The molecule has 13 rings (SSSR count). The van der Waals surface area contributed by atoms with Crippen LogP contribution in [0.3, 0.4) is 0 Å². The molecule has 0 bridgehead atoms. The molecule has 234 valence electrons. The Kier molecular flexibility index (Phi) is 4.89. The average molecular weight is 682 g/mol. The van der Waals surface area contributed by atoms with Gasteiger partial charge in [0.1, 0.15) is 5.69 Å². The minimum absolute atomic E-state index is 0.856. The summed E-state index contributed by atoms with van der Waals surface area (Å²) in [5, 5.41) is 12.7. The van der Waals surface area contributed by atoms with Crippen LogP contribution in [0.2, 0.25) is 0 Å². The van der Waals surface area contributed by atoms with E-state index in [4.69, 9.17) is 9.97 Å². The molecule has 1 aliphatic rings. The van der Waals surface area contributed by atoms with Crippen molar-refractivity contribution in [3.8, 4) is 28.2 Å². The van der Waals surface area contributed by atoms with Crippen molar-refractivity contribution in [1.82, 2.24) is 14.5 Å². The zero-order valence-corrected chi connectivity index (χ0v) is 28.6. The normalized spacial score (nSPS) is 12.7. The van der Waals surface area contributed by atoms with Gasteiger partial charge >= 0.3 is 0 Å². The Hall–Kier alpha value is -6.14. The number of hydrogen-bond donors (Lipinski definition) is 0. The van der Waals surface area contributed by atoms with E-state index in [1.165, 1.54) is 78.4 Å². The van der Waals surface area contributed by atoms with Crippen molar-refractivity contribution in [3.63, 3.8) is 0 Å². The van der Waals surface area contributed by atoms with Gasteiger partial charge in [-0.15, -0.1) is 22.7 Å². The molecule has 0 spiro atoms. The number of nitrogens with zero attached hydrogens (tertiary/aromatic N) is 3. The fourth-order valence-electron chi connectivity index (χ4n) is 8.96. The first-order chi connectivity index (χ1) is 25.3. The molecule has 0 radical (unpaired) electrons. The summed E-state index contributed by atoms with van der Waals surface area (Å²) in [6.07, 6.45) is 0. The molecule has 51 heavy (non-hydrogen) atoms. The van der Waals surface area contributed by atoms with Gasteiger partial charge in [0.25, 0.3) is 0 Å². The van der Waals surface area contributed by atoms with Gasteiger partial charge in [0.2, 0.25) is 0 Å². The quantitative estimate of drug-likeness (QED) is 0.170. The fraction of sp³-hybridized carbons (Fsp3) is 0. The second-order valence-electron chi connectivity index (χ2n) is 13.7. The van der Waals surface area contributed by atoms with Gasteiger partial charge in [-0.05, 0) is 69.8 Å². The Morgan fingerprint density at radius 2 is 1.12 bits per heavy atom. The van der Waals surface area contributed by atoms with Gasteiger partial charge in [0, 0.05) is 62.1 Å². The number of rotatable bonds is 2. The van der Waals surface area contributed by atoms with Gasteiger partial charge in [-0.1, -0.05) is 97.1 Å². The fourth-order valence-corrected chi connectivity index (χ4v) is 11.2. The van der Waals surface area contributed by atoms with Crippen molar-refractivity contribution in [2.75, 3.05) is 0 Å². The predicted molar refractivity (Wildman–Crippen MR) is 219 cm³/mol. The van der Waals surface area contributed by atoms with Crippen LogP contribution in [-0.2, 0) is 0 Å². The first-order valence-corrected chi connectivity index (χ1v) is 18.9. The van der Waals surface area contributed by atoms with E-state index in [-0.39, 0.29) is 0 Å². The van der Waals surface area contributed by atoms with Crippen molar-refractivity contribution < 1.29 is 0 Å². The molecule has 3 nitrogen and oxygen atoms in total. The summed E-state index contributed by atoms with van der Waals surface area (Å²) in [7, 11) is 0. The summed E-state index contributed by atoms with van der Waals surface area (Å²) in [5.41, 5.74) is 8.71. The Morgan fingerprint density at radius 3 is 2.06 bits per heavy atom. The molecule has 1 aliphatic carbocycles. The molecular weight excluding hydrogens is 659 g/mol. The monoisotopic (exact) mass is 681 g/mol. The third-order valence-corrected chi connectivity index (χ3v) is 13.3. The van der Waals surface area contributed by atoms with E-state index in [0.717, 1.165) is 44.5 Å². The van der Waals surface area contributed by atoms with Crippen LogP contribution in [0.15, 0.2) is 140 Å². The highest BCUT2D eigenvalue weighted by atomic mass is 32.1.